The summed E-state index contributed by atoms with van der Waals surface area (Å²) in [6, 6.07) is 2.38. The number of piperidine rings is 1. The molecule has 14 heavy (non-hydrogen) atoms. The Morgan fingerprint density at radius 2 is 1.79 bits per heavy atom. The second kappa shape index (κ2) is 4.31. The zero-order valence-electron chi connectivity index (χ0n) is 9.88. The van der Waals surface area contributed by atoms with Gasteiger partial charge in [0.25, 0.3) is 0 Å². The summed E-state index contributed by atoms with van der Waals surface area (Å²) in [5.74, 6) is 1.66. The molecule has 0 aromatic rings. The van der Waals surface area contributed by atoms with Gasteiger partial charge in [0.05, 0.1) is 6.07 Å². The lowest BCUT2D eigenvalue weighted by molar-refractivity contribution is 0.0958. The summed E-state index contributed by atoms with van der Waals surface area (Å²) in [5.41, 5.74) is -0.276. The Morgan fingerprint density at radius 3 is 2.14 bits per heavy atom. The largest absolute Gasteiger partial charge is 0.286 e. The molecular weight excluding hydrogens is 172 g/mol. The van der Waals surface area contributed by atoms with Crippen LogP contribution in [-0.2, 0) is 0 Å². The third kappa shape index (κ3) is 2.48. The van der Waals surface area contributed by atoms with Gasteiger partial charge in [-0.1, -0.05) is 13.8 Å². The van der Waals surface area contributed by atoms with Gasteiger partial charge in [0, 0.05) is 0 Å². The highest BCUT2D eigenvalue weighted by atomic mass is 15.2. The molecule has 0 unspecified atom stereocenters. The lowest BCUT2D eigenvalue weighted by atomic mass is 9.85. The van der Waals surface area contributed by atoms with Crippen LogP contribution in [0.4, 0.5) is 0 Å². The van der Waals surface area contributed by atoms with Crippen molar-refractivity contribution in [1.29, 1.82) is 5.26 Å². The lowest BCUT2D eigenvalue weighted by Gasteiger charge is -2.40. The maximum atomic E-state index is 9.03. The fraction of sp³-hybridized carbons (Fsp3) is 0.917. The minimum absolute atomic E-state index is 0.276. The molecule has 1 aliphatic heterocycles. The first-order valence-electron chi connectivity index (χ1n) is 5.63. The first kappa shape index (κ1) is 11.5. The van der Waals surface area contributed by atoms with Crippen LogP contribution in [0.2, 0.25) is 0 Å². The summed E-state index contributed by atoms with van der Waals surface area (Å²) in [6.45, 7) is 10.8. The van der Waals surface area contributed by atoms with Crippen molar-refractivity contribution >= 4 is 0 Å². The van der Waals surface area contributed by atoms with Crippen LogP contribution in [0.25, 0.3) is 0 Å². The summed E-state index contributed by atoms with van der Waals surface area (Å²) in [7, 11) is 0. The first-order valence-corrected chi connectivity index (χ1v) is 5.63. The fourth-order valence-electron chi connectivity index (χ4n) is 2.20. The van der Waals surface area contributed by atoms with Crippen LogP contribution in [0.5, 0.6) is 0 Å². The number of nitrogens with zero attached hydrogens (tertiary/aromatic N) is 2. The van der Waals surface area contributed by atoms with E-state index in [0.29, 0.717) is 0 Å². The molecule has 0 N–H and O–H groups in total. The van der Waals surface area contributed by atoms with Gasteiger partial charge in [-0.25, -0.2) is 0 Å². The minimum atomic E-state index is -0.276. The highest BCUT2D eigenvalue weighted by Crippen LogP contribution is 2.28. The Balaban J connectivity index is 2.48. The van der Waals surface area contributed by atoms with Crippen LogP contribution in [0.1, 0.15) is 40.5 Å². The van der Waals surface area contributed by atoms with Crippen LogP contribution < -0.4 is 0 Å². The van der Waals surface area contributed by atoms with Crippen LogP contribution >= 0.6 is 0 Å². The van der Waals surface area contributed by atoms with Crippen molar-refractivity contribution in [3.05, 3.63) is 0 Å². The molecule has 0 spiro atoms. The Kier molecular flexibility index (Phi) is 3.55. The van der Waals surface area contributed by atoms with Crippen LogP contribution in [-0.4, -0.2) is 23.5 Å². The van der Waals surface area contributed by atoms with Crippen molar-refractivity contribution in [3.63, 3.8) is 0 Å². The molecule has 2 nitrogen and oxygen atoms in total. The highest BCUT2D eigenvalue weighted by molar-refractivity contribution is 5.02. The van der Waals surface area contributed by atoms with Gasteiger partial charge < -0.3 is 0 Å². The van der Waals surface area contributed by atoms with E-state index in [1.807, 2.05) is 13.8 Å². The zero-order valence-corrected chi connectivity index (χ0v) is 9.88. The van der Waals surface area contributed by atoms with Gasteiger partial charge in [-0.05, 0) is 51.6 Å². The average molecular weight is 194 g/mol. The Hall–Kier alpha value is -0.550. The second-order valence-corrected chi connectivity index (χ2v) is 5.24. The Bertz CT molecular complexity index is 217. The molecule has 0 atom stereocenters. The highest BCUT2D eigenvalue weighted by Gasteiger charge is 2.31. The number of likely N-dealkylation sites (tertiary alicyclic amines) is 1. The van der Waals surface area contributed by atoms with Crippen molar-refractivity contribution in [2.75, 3.05) is 13.1 Å². The molecule has 0 aromatic heterocycles. The first-order chi connectivity index (χ1) is 6.47. The Morgan fingerprint density at radius 1 is 1.29 bits per heavy atom. The minimum Gasteiger partial charge on any atom is -0.286 e. The van der Waals surface area contributed by atoms with Gasteiger partial charge in [0.1, 0.15) is 5.54 Å². The standard InChI is InChI=1S/C12H22N2/c1-10(2)11-5-7-14(8-6-11)12(3,4)9-13/h10-11H,5-8H2,1-4H3. The normalized spacial score (nSPS) is 21.1. The monoisotopic (exact) mass is 194 g/mol. The third-order valence-corrected chi connectivity index (χ3v) is 3.55. The van der Waals surface area contributed by atoms with Gasteiger partial charge >= 0.3 is 0 Å². The van der Waals surface area contributed by atoms with Crippen molar-refractivity contribution in [2.45, 2.75) is 46.1 Å². The lowest BCUT2D eigenvalue weighted by Crippen LogP contribution is -2.47. The van der Waals surface area contributed by atoms with Crippen molar-refractivity contribution in [3.8, 4) is 6.07 Å². The molecule has 2 heteroatoms. The smallest absolute Gasteiger partial charge is 0.103 e. The summed E-state index contributed by atoms with van der Waals surface area (Å²) < 4.78 is 0. The molecule has 0 aromatic carbocycles. The van der Waals surface area contributed by atoms with E-state index in [1.165, 1.54) is 12.8 Å². The molecule has 0 aliphatic carbocycles. The zero-order chi connectivity index (χ0) is 10.8. The van der Waals surface area contributed by atoms with Gasteiger partial charge in [0.2, 0.25) is 0 Å². The van der Waals surface area contributed by atoms with E-state index < -0.39 is 0 Å². The SMILES string of the molecule is CC(C)C1CCN(C(C)(C)C#N)CC1. The molecular formula is C12H22N2. The van der Waals surface area contributed by atoms with Crippen molar-refractivity contribution < 1.29 is 0 Å². The molecule has 1 fully saturated rings. The molecule has 1 heterocycles. The van der Waals surface area contributed by atoms with Gasteiger partial charge in [-0.15, -0.1) is 0 Å². The van der Waals surface area contributed by atoms with Gasteiger partial charge in [-0.3, -0.25) is 4.90 Å². The number of rotatable bonds is 2. The number of hydrogen-bond acceptors (Lipinski definition) is 2. The van der Waals surface area contributed by atoms with Crippen molar-refractivity contribution in [1.82, 2.24) is 4.90 Å². The van der Waals surface area contributed by atoms with E-state index in [2.05, 4.69) is 24.8 Å². The third-order valence-electron chi connectivity index (χ3n) is 3.55. The predicted octanol–water partition coefficient (Wildman–Crippen LogP) is 2.66. The summed E-state index contributed by atoms with van der Waals surface area (Å²) >= 11 is 0. The quantitative estimate of drug-likeness (QED) is 0.675. The summed E-state index contributed by atoms with van der Waals surface area (Å²) in [6.07, 6.45) is 2.51. The van der Waals surface area contributed by atoms with E-state index in [4.69, 9.17) is 5.26 Å². The Labute approximate surface area is 87.9 Å². The van der Waals surface area contributed by atoms with E-state index in [-0.39, 0.29) is 5.54 Å². The van der Waals surface area contributed by atoms with Crippen LogP contribution in [0.3, 0.4) is 0 Å². The second-order valence-electron chi connectivity index (χ2n) is 5.24. The molecule has 0 amide bonds. The van der Waals surface area contributed by atoms with E-state index in [1.54, 1.807) is 0 Å². The van der Waals surface area contributed by atoms with E-state index >= 15 is 0 Å². The molecule has 0 radical (unpaired) electrons. The topological polar surface area (TPSA) is 27.0 Å². The van der Waals surface area contributed by atoms with Crippen molar-refractivity contribution in [2.24, 2.45) is 11.8 Å². The van der Waals surface area contributed by atoms with Crippen LogP contribution in [0.15, 0.2) is 0 Å². The molecule has 1 saturated heterocycles. The van der Waals surface area contributed by atoms with Crippen LogP contribution in [0, 0.1) is 23.2 Å². The summed E-state index contributed by atoms with van der Waals surface area (Å²) in [4.78, 5) is 2.31. The molecule has 1 rings (SSSR count). The maximum Gasteiger partial charge on any atom is 0.103 e. The summed E-state index contributed by atoms with van der Waals surface area (Å²) in [5, 5.41) is 9.03. The fourth-order valence-corrected chi connectivity index (χ4v) is 2.20. The molecule has 0 bridgehead atoms. The molecule has 1 aliphatic rings. The predicted molar refractivity (Wildman–Crippen MR) is 58.8 cm³/mol. The van der Waals surface area contributed by atoms with Gasteiger partial charge in [0.15, 0.2) is 0 Å². The van der Waals surface area contributed by atoms with E-state index in [9.17, 15) is 0 Å². The average Bonchev–Trinajstić information content (AvgIpc) is 2.18. The van der Waals surface area contributed by atoms with E-state index in [0.717, 1.165) is 24.9 Å². The molecule has 0 saturated carbocycles. The molecule has 80 valence electrons. The van der Waals surface area contributed by atoms with Gasteiger partial charge in [-0.2, -0.15) is 5.26 Å². The number of nitriles is 1. The number of hydrogen-bond donors (Lipinski definition) is 0. The maximum absolute atomic E-state index is 9.03.